The van der Waals surface area contributed by atoms with Gasteiger partial charge in [-0.2, -0.15) is 0 Å². The zero-order valence-corrected chi connectivity index (χ0v) is 9.91. The molecule has 0 aromatic heterocycles. The molecule has 0 spiro atoms. The molecule has 15 heavy (non-hydrogen) atoms. The monoisotopic (exact) mass is 214 g/mol. The number of aliphatic hydroxyl groups excluding tert-OH is 1. The Kier molecular flexibility index (Phi) is 6.22. The van der Waals surface area contributed by atoms with E-state index in [1.54, 1.807) is 0 Å². The fourth-order valence-electron chi connectivity index (χ4n) is 2.43. The van der Waals surface area contributed by atoms with Crippen LogP contribution < -0.4 is 11.1 Å². The maximum absolute atomic E-state index is 8.82. The first-order chi connectivity index (χ1) is 7.27. The third kappa shape index (κ3) is 4.49. The lowest BCUT2D eigenvalue weighted by atomic mass is 9.84. The van der Waals surface area contributed by atoms with Crippen molar-refractivity contribution in [2.45, 2.75) is 45.1 Å². The third-order valence-corrected chi connectivity index (χ3v) is 3.56. The quantitative estimate of drug-likeness (QED) is 0.621. The Hall–Kier alpha value is -0.120. The first-order valence-electron chi connectivity index (χ1n) is 6.32. The minimum Gasteiger partial charge on any atom is -0.396 e. The Morgan fingerprint density at radius 1 is 1.40 bits per heavy atom. The summed E-state index contributed by atoms with van der Waals surface area (Å²) in [5, 5.41) is 12.4. The average molecular weight is 214 g/mol. The van der Waals surface area contributed by atoms with Gasteiger partial charge in [0.2, 0.25) is 0 Å². The van der Waals surface area contributed by atoms with Crippen LogP contribution in [0.2, 0.25) is 0 Å². The van der Waals surface area contributed by atoms with Crippen LogP contribution in [0.3, 0.4) is 0 Å². The second kappa shape index (κ2) is 7.20. The molecule has 1 saturated carbocycles. The molecule has 0 heterocycles. The van der Waals surface area contributed by atoms with Gasteiger partial charge in [0.25, 0.3) is 0 Å². The van der Waals surface area contributed by atoms with Crippen molar-refractivity contribution in [3.63, 3.8) is 0 Å². The van der Waals surface area contributed by atoms with Crippen LogP contribution in [0.1, 0.15) is 39.0 Å². The number of rotatable bonds is 6. The Balaban J connectivity index is 2.22. The number of hydrogen-bond acceptors (Lipinski definition) is 3. The highest BCUT2D eigenvalue weighted by molar-refractivity contribution is 4.81. The summed E-state index contributed by atoms with van der Waals surface area (Å²) < 4.78 is 0. The lowest BCUT2D eigenvalue weighted by Crippen LogP contribution is -2.43. The SMILES string of the molecule is CC(CCO)CNC1CCCCC1CN. The number of nitrogens with one attached hydrogen (secondary N) is 1. The fraction of sp³-hybridized carbons (Fsp3) is 1.00. The van der Waals surface area contributed by atoms with Crippen molar-refractivity contribution >= 4 is 0 Å². The number of hydrogen-bond donors (Lipinski definition) is 3. The van der Waals surface area contributed by atoms with Gasteiger partial charge in [-0.15, -0.1) is 0 Å². The Bertz CT molecular complexity index is 164. The molecule has 3 unspecified atom stereocenters. The standard InChI is InChI=1S/C12H26N2O/c1-10(6-7-15)9-14-12-5-3-2-4-11(12)8-13/h10-12,14-15H,2-9,13H2,1H3. The summed E-state index contributed by atoms with van der Waals surface area (Å²) in [5.74, 6) is 1.23. The van der Waals surface area contributed by atoms with Crippen LogP contribution in [0.4, 0.5) is 0 Å². The molecule has 1 fully saturated rings. The van der Waals surface area contributed by atoms with Crippen molar-refractivity contribution in [3.05, 3.63) is 0 Å². The molecule has 0 bridgehead atoms. The topological polar surface area (TPSA) is 58.3 Å². The van der Waals surface area contributed by atoms with E-state index in [4.69, 9.17) is 10.8 Å². The van der Waals surface area contributed by atoms with Crippen molar-refractivity contribution < 1.29 is 5.11 Å². The molecule has 1 aliphatic rings. The summed E-state index contributed by atoms with van der Waals surface area (Å²) in [7, 11) is 0. The van der Waals surface area contributed by atoms with E-state index in [9.17, 15) is 0 Å². The van der Waals surface area contributed by atoms with Crippen molar-refractivity contribution in [1.29, 1.82) is 0 Å². The Labute approximate surface area is 93.4 Å². The molecule has 0 aliphatic heterocycles. The van der Waals surface area contributed by atoms with E-state index in [1.807, 2.05) is 0 Å². The molecule has 90 valence electrons. The molecule has 0 aromatic rings. The van der Waals surface area contributed by atoms with Crippen LogP contribution in [0.25, 0.3) is 0 Å². The molecule has 1 rings (SSSR count). The molecule has 4 N–H and O–H groups in total. The zero-order valence-electron chi connectivity index (χ0n) is 9.91. The van der Waals surface area contributed by atoms with Crippen LogP contribution in [0, 0.1) is 11.8 Å². The molecule has 0 radical (unpaired) electrons. The van der Waals surface area contributed by atoms with Gasteiger partial charge in [0.1, 0.15) is 0 Å². The highest BCUT2D eigenvalue weighted by Gasteiger charge is 2.23. The maximum atomic E-state index is 8.82. The maximum Gasteiger partial charge on any atom is 0.0434 e. The first-order valence-corrected chi connectivity index (χ1v) is 6.32. The van der Waals surface area contributed by atoms with Crippen molar-refractivity contribution in [2.75, 3.05) is 19.7 Å². The zero-order chi connectivity index (χ0) is 11.1. The van der Waals surface area contributed by atoms with Gasteiger partial charge in [0.05, 0.1) is 0 Å². The molecule has 3 heteroatoms. The van der Waals surface area contributed by atoms with Gasteiger partial charge in [-0.3, -0.25) is 0 Å². The molecule has 3 nitrogen and oxygen atoms in total. The molecule has 0 saturated heterocycles. The van der Waals surface area contributed by atoms with Crippen molar-refractivity contribution in [3.8, 4) is 0 Å². The van der Waals surface area contributed by atoms with E-state index in [2.05, 4.69) is 12.2 Å². The summed E-state index contributed by atoms with van der Waals surface area (Å²) in [4.78, 5) is 0. The van der Waals surface area contributed by atoms with Gasteiger partial charge in [-0.25, -0.2) is 0 Å². The minimum absolute atomic E-state index is 0.299. The van der Waals surface area contributed by atoms with E-state index in [1.165, 1.54) is 25.7 Å². The van der Waals surface area contributed by atoms with Crippen LogP contribution in [0.5, 0.6) is 0 Å². The largest absolute Gasteiger partial charge is 0.396 e. The summed E-state index contributed by atoms with van der Waals surface area (Å²) in [6.07, 6.45) is 6.12. The molecule has 0 aromatic carbocycles. The fourth-order valence-corrected chi connectivity index (χ4v) is 2.43. The third-order valence-electron chi connectivity index (χ3n) is 3.56. The highest BCUT2D eigenvalue weighted by Crippen LogP contribution is 2.23. The van der Waals surface area contributed by atoms with E-state index in [0.717, 1.165) is 19.5 Å². The van der Waals surface area contributed by atoms with Gasteiger partial charge in [-0.05, 0) is 44.2 Å². The summed E-state index contributed by atoms with van der Waals surface area (Å²) >= 11 is 0. The minimum atomic E-state index is 0.299. The van der Waals surface area contributed by atoms with E-state index in [0.29, 0.717) is 24.5 Å². The second-order valence-corrected chi connectivity index (χ2v) is 4.91. The van der Waals surface area contributed by atoms with Crippen LogP contribution >= 0.6 is 0 Å². The lowest BCUT2D eigenvalue weighted by molar-refractivity contribution is 0.234. The van der Waals surface area contributed by atoms with Crippen molar-refractivity contribution in [1.82, 2.24) is 5.32 Å². The molecular weight excluding hydrogens is 188 g/mol. The lowest BCUT2D eigenvalue weighted by Gasteiger charge is -2.32. The van der Waals surface area contributed by atoms with Crippen molar-refractivity contribution in [2.24, 2.45) is 17.6 Å². The van der Waals surface area contributed by atoms with Crippen LogP contribution in [-0.2, 0) is 0 Å². The van der Waals surface area contributed by atoms with Gasteiger partial charge >= 0.3 is 0 Å². The number of aliphatic hydroxyl groups is 1. The predicted octanol–water partition coefficient (Wildman–Crippen LogP) is 1.11. The Morgan fingerprint density at radius 2 is 2.13 bits per heavy atom. The summed E-state index contributed by atoms with van der Waals surface area (Å²) in [5.41, 5.74) is 5.78. The summed E-state index contributed by atoms with van der Waals surface area (Å²) in [6.45, 7) is 4.31. The van der Waals surface area contributed by atoms with Gasteiger partial charge in [0, 0.05) is 12.6 Å². The van der Waals surface area contributed by atoms with Gasteiger partial charge < -0.3 is 16.2 Å². The molecule has 3 atom stereocenters. The highest BCUT2D eigenvalue weighted by atomic mass is 16.3. The van der Waals surface area contributed by atoms with Gasteiger partial charge in [-0.1, -0.05) is 19.8 Å². The predicted molar refractivity (Wildman–Crippen MR) is 63.7 cm³/mol. The van der Waals surface area contributed by atoms with Gasteiger partial charge in [0.15, 0.2) is 0 Å². The van der Waals surface area contributed by atoms with E-state index < -0.39 is 0 Å². The molecule has 0 amide bonds. The van der Waals surface area contributed by atoms with Crippen LogP contribution in [0.15, 0.2) is 0 Å². The molecular formula is C12H26N2O. The smallest absolute Gasteiger partial charge is 0.0434 e. The Morgan fingerprint density at radius 3 is 2.80 bits per heavy atom. The second-order valence-electron chi connectivity index (χ2n) is 4.91. The molecule has 1 aliphatic carbocycles. The van der Waals surface area contributed by atoms with E-state index in [-0.39, 0.29) is 0 Å². The number of nitrogens with two attached hydrogens (primary N) is 1. The summed E-state index contributed by atoms with van der Waals surface area (Å²) in [6, 6.07) is 0.616. The first kappa shape index (κ1) is 12.9. The normalized spacial score (nSPS) is 29.0. The van der Waals surface area contributed by atoms with Crippen LogP contribution in [-0.4, -0.2) is 30.8 Å². The van der Waals surface area contributed by atoms with E-state index >= 15 is 0 Å². The average Bonchev–Trinajstić information content (AvgIpc) is 2.27.